The Morgan fingerprint density at radius 1 is 0.867 bits per heavy atom. The Morgan fingerprint density at radius 3 is 2.43 bits per heavy atom. The minimum atomic E-state index is -0.121. The van der Waals surface area contributed by atoms with Crippen LogP contribution in [-0.4, -0.2) is 16.4 Å². The fourth-order valence-corrected chi connectivity index (χ4v) is 3.59. The van der Waals surface area contributed by atoms with Gasteiger partial charge in [-0.2, -0.15) is 0 Å². The summed E-state index contributed by atoms with van der Waals surface area (Å²) in [6.45, 7) is 2.09. The molecule has 4 rings (SSSR count). The van der Waals surface area contributed by atoms with Crippen LogP contribution >= 0.6 is 0 Å². The first-order valence-corrected chi connectivity index (χ1v) is 9.87. The van der Waals surface area contributed by atoms with Crippen LogP contribution in [-0.2, 0) is 22.7 Å². The van der Waals surface area contributed by atoms with Crippen LogP contribution in [0.4, 0.5) is 5.69 Å². The molecule has 1 aromatic heterocycles. The molecule has 5 heteroatoms. The van der Waals surface area contributed by atoms with E-state index in [1.165, 1.54) is 6.92 Å². The highest BCUT2D eigenvalue weighted by Gasteiger charge is 2.13. The van der Waals surface area contributed by atoms with Crippen molar-refractivity contribution < 1.29 is 9.59 Å². The highest BCUT2D eigenvalue weighted by molar-refractivity contribution is 5.90. The van der Waals surface area contributed by atoms with Gasteiger partial charge in [-0.25, -0.2) is 0 Å². The molecule has 5 nitrogen and oxygen atoms in total. The second-order valence-electron chi connectivity index (χ2n) is 7.20. The summed E-state index contributed by atoms with van der Waals surface area (Å²) < 4.78 is 2.05. The molecule has 2 N–H and O–H groups in total. The van der Waals surface area contributed by atoms with E-state index in [2.05, 4.69) is 34.9 Å². The second-order valence-corrected chi connectivity index (χ2v) is 7.20. The standard InChI is InChI=1S/C25H23N3O2/c1-18(29)27-22-12-7-8-19(14-22)16-26-25(30)17-28-23-13-6-5-11-21(23)15-24(28)20-9-3-2-4-10-20/h2-15H,16-17H2,1H3,(H,26,30)(H,27,29). The molecular weight excluding hydrogens is 374 g/mol. The van der Waals surface area contributed by atoms with Gasteiger partial charge in [-0.15, -0.1) is 0 Å². The molecule has 0 spiro atoms. The van der Waals surface area contributed by atoms with Crippen molar-refractivity contribution in [3.05, 3.63) is 90.5 Å². The topological polar surface area (TPSA) is 63.1 Å². The normalized spacial score (nSPS) is 10.7. The van der Waals surface area contributed by atoms with Crippen LogP contribution in [0.25, 0.3) is 22.2 Å². The molecule has 0 aliphatic heterocycles. The van der Waals surface area contributed by atoms with Gasteiger partial charge in [0.2, 0.25) is 11.8 Å². The molecular formula is C25H23N3O2. The van der Waals surface area contributed by atoms with Crippen molar-refractivity contribution in [3.63, 3.8) is 0 Å². The molecule has 1 heterocycles. The molecule has 0 atom stereocenters. The number of para-hydroxylation sites is 1. The first-order valence-electron chi connectivity index (χ1n) is 9.87. The van der Waals surface area contributed by atoms with E-state index in [1.54, 1.807) is 0 Å². The van der Waals surface area contributed by atoms with Crippen molar-refractivity contribution in [1.29, 1.82) is 0 Å². The highest BCUT2D eigenvalue weighted by atomic mass is 16.2. The van der Waals surface area contributed by atoms with Gasteiger partial charge in [0, 0.05) is 35.8 Å². The molecule has 0 radical (unpaired) electrons. The van der Waals surface area contributed by atoms with Crippen molar-refractivity contribution in [3.8, 4) is 11.3 Å². The maximum atomic E-state index is 12.8. The average Bonchev–Trinajstić information content (AvgIpc) is 3.11. The Hall–Kier alpha value is -3.86. The van der Waals surface area contributed by atoms with E-state index in [-0.39, 0.29) is 18.4 Å². The van der Waals surface area contributed by atoms with Crippen molar-refractivity contribution in [2.24, 2.45) is 0 Å². The lowest BCUT2D eigenvalue weighted by Gasteiger charge is -2.12. The molecule has 0 unspecified atom stereocenters. The minimum absolute atomic E-state index is 0.0709. The fraction of sp³-hybridized carbons (Fsp3) is 0.120. The molecule has 0 saturated heterocycles. The number of rotatable bonds is 6. The van der Waals surface area contributed by atoms with E-state index in [0.717, 1.165) is 33.4 Å². The van der Waals surface area contributed by atoms with Gasteiger partial charge in [-0.1, -0.05) is 60.7 Å². The molecule has 150 valence electrons. The summed E-state index contributed by atoms with van der Waals surface area (Å²) in [6, 6.07) is 27.8. The van der Waals surface area contributed by atoms with Gasteiger partial charge in [0.15, 0.2) is 0 Å². The molecule has 0 aliphatic rings. The van der Waals surface area contributed by atoms with Crippen molar-refractivity contribution in [2.45, 2.75) is 20.0 Å². The number of carbonyl (C=O) groups is 2. The lowest BCUT2D eigenvalue weighted by atomic mass is 10.1. The number of aromatic nitrogens is 1. The van der Waals surface area contributed by atoms with Gasteiger partial charge in [-0.05, 0) is 35.4 Å². The average molecular weight is 397 g/mol. The first-order chi connectivity index (χ1) is 14.6. The molecule has 30 heavy (non-hydrogen) atoms. The van der Waals surface area contributed by atoms with Crippen molar-refractivity contribution >= 4 is 28.4 Å². The predicted octanol–water partition coefficient (Wildman–Crippen LogP) is 4.58. The third kappa shape index (κ3) is 4.41. The van der Waals surface area contributed by atoms with Crippen LogP contribution in [0.15, 0.2) is 84.9 Å². The molecule has 0 fully saturated rings. The van der Waals surface area contributed by atoms with Gasteiger partial charge >= 0.3 is 0 Å². The van der Waals surface area contributed by atoms with Crippen LogP contribution in [0.1, 0.15) is 12.5 Å². The van der Waals surface area contributed by atoms with E-state index in [4.69, 9.17) is 0 Å². The van der Waals surface area contributed by atoms with E-state index in [9.17, 15) is 9.59 Å². The smallest absolute Gasteiger partial charge is 0.240 e. The van der Waals surface area contributed by atoms with E-state index in [1.807, 2.05) is 65.2 Å². The third-order valence-corrected chi connectivity index (χ3v) is 4.92. The molecule has 0 bridgehead atoms. The van der Waals surface area contributed by atoms with Crippen molar-refractivity contribution in [1.82, 2.24) is 9.88 Å². The Bertz CT molecular complexity index is 1200. The fourth-order valence-electron chi connectivity index (χ4n) is 3.59. The number of hydrogen-bond acceptors (Lipinski definition) is 2. The summed E-state index contributed by atoms with van der Waals surface area (Å²) in [5.74, 6) is -0.192. The van der Waals surface area contributed by atoms with Gasteiger partial charge in [0.1, 0.15) is 6.54 Å². The summed E-state index contributed by atoms with van der Waals surface area (Å²) in [7, 11) is 0. The summed E-state index contributed by atoms with van der Waals surface area (Å²) in [6.07, 6.45) is 0. The lowest BCUT2D eigenvalue weighted by Crippen LogP contribution is -2.27. The number of anilines is 1. The maximum Gasteiger partial charge on any atom is 0.240 e. The quantitative estimate of drug-likeness (QED) is 0.500. The van der Waals surface area contributed by atoms with E-state index < -0.39 is 0 Å². The van der Waals surface area contributed by atoms with Crippen molar-refractivity contribution in [2.75, 3.05) is 5.32 Å². The highest BCUT2D eigenvalue weighted by Crippen LogP contribution is 2.28. The zero-order chi connectivity index (χ0) is 20.9. The number of fused-ring (bicyclic) bond motifs is 1. The zero-order valence-electron chi connectivity index (χ0n) is 16.8. The van der Waals surface area contributed by atoms with Crippen LogP contribution in [0.2, 0.25) is 0 Å². The minimum Gasteiger partial charge on any atom is -0.350 e. The number of hydrogen-bond donors (Lipinski definition) is 2. The Labute approximate surface area is 175 Å². The van der Waals surface area contributed by atoms with Gasteiger partial charge in [-0.3, -0.25) is 9.59 Å². The first kappa shape index (κ1) is 19.5. The molecule has 0 saturated carbocycles. The number of nitrogens with one attached hydrogen (secondary N) is 2. The number of benzene rings is 3. The van der Waals surface area contributed by atoms with Crippen LogP contribution in [0.5, 0.6) is 0 Å². The molecule has 0 aliphatic carbocycles. The molecule has 2 amide bonds. The van der Waals surface area contributed by atoms with E-state index >= 15 is 0 Å². The molecule has 4 aromatic rings. The van der Waals surface area contributed by atoms with Crippen LogP contribution in [0.3, 0.4) is 0 Å². The lowest BCUT2D eigenvalue weighted by molar-refractivity contribution is -0.121. The van der Waals surface area contributed by atoms with Gasteiger partial charge in [0.05, 0.1) is 0 Å². The Balaban J connectivity index is 1.53. The summed E-state index contributed by atoms with van der Waals surface area (Å²) in [4.78, 5) is 24.0. The molecule has 3 aromatic carbocycles. The van der Waals surface area contributed by atoms with Crippen LogP contribution in [0, 0.1) is 0 Å². The number of amides is 2. The SMILES string of the molecule is CC(=O)Nc1cccc(CNC(=O)Cn2c(-c3ccccc3)cc3ccccc32)c1. The van der Waals surface area contributed by atoms with Gasteiger partial charge < -0.3 is 15.2 Å². The van der Waals surface area contributed by atoms with Gasteiger partial charge in [0.25, 0.3) is 0 Å². The second kappa shape index (κ2) is 8.66. The zero-order valence-corrected chi connectivity index (χ0v) is 16.8. The summed E-state index contributed by atoms with van der Waals surface area (Å²) in [5, 5.41) is 6.85. The largest absolute Gasteiger partial charge is 0.350 e. The number of carbonyl (C=O) groups excluding carboxylic acids is 2. The maximum absolute atomic E-state index is 12.8. The Kier molecular flexibility index (Phi) is 5.61. The predicted molar refractivity (Wildman–Crippen MR) is 120 cm³/mol. The van der Waals surface area contributed by atoms with E-state index in [0.29, 0.717) is 6.54 Å². The summed E-state index contributed by atoms with van der Waals surface area (Å²) in [5.41, 5.74) is 4.76. The number of nitrogens with zero attached hydrogens (tertiary/aromatic N) is 1. The monoisotopic (exact) mass is 397 g/mol. The Morgan fingerprint density at radius 2 is 1.63 bits per heavy atom. The van der Waals surface area contributed by atoms with Crippen LogP contribution < -0.4 is 10.6 Å². The summed E-state index contributed by atoms with van der Waals surface area (Å²) >= 11 is 0. The third-order valence-electron chi connectivity index (χ3n) is 4.92.